The molecule has 1 amide bonds. The summed E-state index contributed by atoms with van der Waals surface area (Å²) in [4.78, 5) is 35.9. The van der Waals surface area contributed by atoms with Crippen LogP contribution in [0.3, 0.4) is 0 Å². The predicted octanol–water partition coefficient (Wildman–Crippen LogP) is 6.01. The second-order valence-electron chi connectivity index (χ2n) is 10.7. The van der Waals surface area contributed by atoms with Gasteiger partial charge in [-0.3, -0.25) is 4.79 Å². The highest BCUT2D eigenvalue weighted by Crippen LogP contribution is 2.15. The van der Waals surface area contributed by atoms with Gasteiger partial charge >= 0.3 is 0 Å². The van der Waals surface area contributed by atoms with Crippen LogP contribution in [0.15, 0.2) is 18.3 Å². The summed E-state index contributed by atoms with van der Waals surface area (Å²) in [6.45, 7) is 5.01. The maximum Gasteiger partial charge on any atom is 0.294 e. The van der Waals surface area contributed by atoms with Gasteiger partial charge < -0.3 is 20.0 Å². The van der Waals surface area contributed by atoms with Gasteiger partial charge in [-0.05, 0) is 32.0 Å². The highest BCUT2D eigenvalue weighted by molar-refractivity contribution is 5.94. The first-order valence-corrected chi connectivity index (χ1v) is 15.0. The standard InChI is InChI=1S/C29H51N5O4/c1-32-21-23-33(24-22-32)28-19-18-27(26-31-28)29(35)30-20-16-14-12-10-8-6-4-2-3-5-7-9-11-13-15-17-25-38-34(36)37/h18-19,26H,2-17,20-25H2,1H3,(H,30,35). The van der Waals surface area contributed by atoms with Crippen molar-refractivity contribution in [2.24, 2.45) is 0 Å². The summed E-state index contributed by atoms with van der Waals surface area (Å²) in [5, 5.41) is 12.4. The number of hydrogen-bond donors (Lipinski definition) is 1. The van der Waals surface area contributed by atoms with Crippen molar-refractivity contribution in [3.8, 4) is 0 Å². The second-order valence-corrected chi connectivity index (χ2v) is 10.7. The maximum atomic E-state index is 12.4. The molecule has 1 aromatic rings. The van der Waals surface area contributed by atoms with E-state index in [1.54, 1.807) is 6.20 Å². The minimum absolute atomic E-state index is 0.0253. The summed E-state index contributed by atoms with van der Waals surface area (Å²) in [5.41, 5.74) is 0.640. The van der Waals surface area contributed by atoms with Gasteiger partial charge in [0.2, 0.25) is 0 Å². The lowest BCUT2D eigenvalue weighted by Crippen LogP contribution is -2.44. The molecule has 1 aliphatic heterocycles. The van der Waals surface area contributed by atoms with Crippen LogP contribution in [0.25, 0.3) is 0 Å². The molecule has 1 aliphatic rings. The Morgan fingerprint density at radius 3 is 1.82 bits per heavy atom. The van der Waals surface area contributed by atoms with E-state index in [9.17, 15) is 14.9 Å². The number of nitrogens with one attached hydrogen (secondary N) is 1. The molecule has 0 aromatic carbocycles. The van der Waals surface area contributed by atoms with Crippen molar-refractivity contribution in [1.29, 1.82) is 0 Å². The Labute approximate surface area is 229 Å². The van der Waals surface area contributed by atoms with Gasteiger partial charge in [0, 0.05) is 38.9 Å². The molecule has 9 heteroatoms. The molecule has 0 radical (unpaired) electrons. The molecule has 1 fully saturated rings. The van der Waals surface area contributed by atoms with Crippen LogP contribution in [0.4, 0.5) is 5.82 Å². The molecular weight excluding hydrogens is 482 g/mol. The Kier molecular flexibility index (Phi) is 17.2. The van der Waals surface area contributed by atoms with Gasteiger partial charge in [-0.25, -0.2) is 4.98 Å². The molecular formula is C29H51N5O4. The summed E-state index contributed by atoms with van der Waals surface area (Å²) in [5.74, 6) is 0.932. The summed E-state index contributed by atoms with van der Waals surface area (Å²) >= 11 is 0. The summed E-state index contributed by atoms with van der Waals surface area (Å²) in [6, 6.07) is 3.85. The highest BCUT2D eigenvalue weighted by atomic mass is 16.9. The molecule has 216 valence electrons. The van der Waals surface area contributed by atoms with Gasteiger partial charge in [0.15, 0.2) is 0 Å². The minimum atomic E-state index is -0.710. The van der Waals surface area contributed by atoms with Crippen molar-refractivity contribution >= 4 is 11.7 Å². The molecule has 0 bridgehead atoms. The van der Waals surface area contributed by atoms with E-state index in [0.29, 0.717) is 5.56 Å². The van der Waals surface area contributed by atoms with Crippen molar-refractivity contribution in [1.82, 2.24) is 15.2 Å². The zero-order valence-electron chi connectivity index (χ0n) is 23.7. The number of unbranched alkanes of at least 4 members (excludes halogenated alkanes) is 15. The number of hydrogen-bond acceptors (Lipinski definition) is 7. The minimum Gasteiger partial charge on any atom is -0.354 e. The van der Waals surface area contributed by atoms with Crippen LogP contribution in [-0.4, -0.2) is 67.3 Å². The number of aromatic nitrogens is 1. The molecule has 0 unspecified atom stereocenters. The number of pyridine rings is 1. The molecule has 9 nitrogen and oxygen atoms in total. The van der Waals surface area contributed by atoms with Gasteiger partial charge in [0.1, 0.15) is 5.82 Å². The van der Waals surface area contributed by atoms with E-state index >= 15 is 0 Å². The van der Waals surface area contributed by atoms with E-state index in [1.807, 2.05) is 12.1 Å². The van der Waals surface area contributed by atoms with Crippen LogP contribution in [0.2, 0.25) is 0 Å². The zero-order chi connectivity index (χ0) is 27.3. The SMILES string of the molecule is CN1CCN(c2ccc(C(=O)NCCCCCCCCCCCCCCCCCCO[N+](=O)[O-])cn2)CC1. The fraction of sp³-hybridized carbons (Fsp3) is 0.793. The first kappa shape index (κ1) is 31.8. The Morgan fingerprint density at radius 1 is 0.842 bits per heavy atom. The zero-order valence-corrected chi connectivity index (χ0v) is 23.7. The van der Waals surface area contributed by atoms with Crippen molar-refractivity contribution in [3.05, 3.63) is 34.0 Å². The lowest BCUT2D eigenvalue weighted by molar-refractivity contribution is -0.757. The van der Waals surface area contributed by atoms with Crippen molar-refractivity contribution in [2.75, 3.05) is 51.3 Å². The number of piperazine rings is 1. The molecule has 2 heterocycles. The fourth-order valence-corrected chi connectivity index (χ4v) is 4.89. The lowest BCUT2D eigenvalue weighted by atomic mass is 10.0. The van der Waals surface area contributed by atoms with Crippen LogP contribution < -0.4 is 10.2 Å². The van der Waals surface area contributed by atoms with E-state index in [1.165, 1.54) is 77.0 Å². The number of anilines is 1. The smallest absolute Gasteiger partial charge is 0.294 e. The topological polar surface area (TPSA) is 101 Å². The van der Waals surface area contributed by atoms with E-state index in [0.717, 1.165) is 64.2 Å². The normalized spacial score (nSPS) is 14.0. The quantitative estimate of drug-likeness (QED) is 0.111. The number of rotatable bonds is 22. The molecule has 0 aliphatic carbocycles. The first-order valence-electron chi connectivity index (χ1n) is 15.0. The fourth-order valence-electron chi connectivity index (χ4n) is 4.89. The average Bonchev–Trinajstić information content (AvgIpc) is 2.92. The van der Waals surface area contributed by atoms with E-state index in [4.69, 9.17) is 0 Å². The van der Waals surface area contributed by atoms with E-state index < -0.39 is 5.09 Å². The van der Waals surface area contributed by atoms with Gasteiger partial charge in [-0.1, -0.05) is 89.9 Å². The summed E-state index contributed by atoms with van der Waals surface area (Å²) < 4.78 is 0. The van der Waals surface area contributed by atoms with Crippen LogP contribution in [0, 0.1) is 10.1 Å². The van der Waals surface area contributed by atoms with Crippen molar-refractivity contribution in [2.45, 2.75) is 103 Å². The van der Waals surface area contributed by atoms with Crippen LogP contribution in [0.1, 0.15) is 113 Å². The number of carbonyl (C=O) groups excluding carboxylic acids is 1. The molecule has 1 saturated heterocycles. The third kappa shape index (κ3) is 15.1. The third-order valence-corrected chi connectivity index (χ3v) is 7.39. The van der Waals surface area contributed by atoms with Crippen LogP contribution in [-0.2, 0) is 4.84 Å². The molecule has 1 aromatic heterocycles. The summed E-state index contributed by atoms with van der Waals surface area (Å²) in [6.07, 6.45) is 21.2. The molecule has 38 heavy (non-hydrogen) atoms. The Balaban J connectivity index is 1.32. The summed E-state index contributed by atoms with van der Waals surface area (Å²) in [7, 11) is 2.14. The van der Waals surface area contributed by atoms with Gasteiger partial charge in [0.05, 0.1) is 12.2 Å². The number of carbonyl (C=O) groups is 1. The number of likely N-dealkylation sites (N-methyl/N-ethyl adjacent to an activating group) is 1. The Hall–Kier alpha value is -2.42. The highest BCUT2D eigenvalue weighted by Gasteiger charge is 2.15. The molecule has 0 spiro atoms. The van der Waals surface area contributed by atoms with Gasteiger partial charge in [-0.15, -0.1) is 10.1 Å². The van der Waals surface area contributed by atoms with E-state index in [-0.39, 0.29) is 12.5 Å². The van der Waals surface area contributed by atoms with Gasteiger partial charge in [0.25, 0.3) is 11.0 Å². The molecule has 0 atom stereocenters. The van der Waals surface area contributed by atoms with Gasteiger partial charge in [-0.2, -0.15) is 0 Å². The predicted molar refractivity (Wildman–Crippen MR) is 153 cm³/mol. The number of amides is 1. The molecule has 2 rings (SSSR count). The van der Waals surface area contributed by atoms with E-state index in [2.05, 4.69) is 32.0 Å². The average molecular weight is 534 g/mol. The number of nitrogens with zero attached hydrogens (tertiary/aromatic N) is 4. The second kappa shape index (κ2) is 20.5. The lowest BCUT2D eigenvalue weighted by Gasteiger charge is -2.33. The molecule has 1 N–H and O–H groups in total. The monoisotopic (exact) mass is 533 g/mol. The molecule has 0 saturated carbocycles. The van der Waals surface area contributed by atoms with Crippen molar-refractivity contribution < 1.29 is 14.7 Å². The largest absolute Gasteiger partial charge is 0.354 e. The Morgan fingerprint density at radius 2 is 1.34 bits per heavy atom. The Bertz CT molecular complexity index is 754. The first-order chi connectivity index (χ1) is 18.6. The van der Waals surface area contributed by atoms with Crippen LogP contribution >= 0.6 is 0 Å². The maximum absolute atomic E-state index is 12.4. The third-order valence-electron chi connectivity index (χ3n) is 7.39. The van der Waals surface area contributed by atoms with Crippen molar-refractivity contribution in [3.63, 3.8) is 0 Å². The van der Waals surface area contributed by atoms with Crippen LogP contribution in [0.5, 0.6) is 0 Å².